The lowest BCUT2D eigenvalue weighted by Gasteiger charge is -2.34. The third-order valence-electron chi connectivity index (χ3n) is 4.12. The average molecular weight is 328 g/mol. The molecule has 0 saturated carbocycles. The smallest absolute Gasteiger partial charge is 0.307 e. The second-order valence-corrected chi connectivity index (χ2v) is 5.67. The molecule has 126 valence electrons. The maximum atomic E-state index is 12.1. The monoisotopic (exact) mass is 328 g/mol. The van der Waals surface area contributed by atoms with Crippen molar-refractivity contribution in [1.29, 1.82) is 0 Å². The molecule has 1 fully saturated rings. The van der Waals surface area contributed by atoms with Crippen LogP contribution in [0.1, 0.15) is 12.0 Å². The number of hydrogen-bond donors (Lipinski definition) is 1. The van der Waals surface area contributed by atoms with Crippen molar-refractivity contribution in [3.8, 4) is 5.69 Å². The van der Waals surface area contributed by atoms with Crippen molar-refractivity contribution in [3.63, 3.8) is 0 Å². The van der Waals surface area contributed by atoms with Gasteiger partial charge in [0.25, 0.3) is 0 Å². The Kier molecular flexibility index (Phi) is 4.90. The topological polar surface area (TPSA) is 76.5 Å². The molecule has 1 N–H and O–H groups in total. The number of carbonyl (C=O) groups excluding carboxylic acids is 2. The third-order valence-corrected chi connectivity index (χ3v) is 4.12. The lowest BCUT2D eigenvalue weighted by Crippen LogP contribution is -2.55. The van der Waals surface area contributed by atoms with Gasteiger partial charge < -0.3 is 10.1 Å². The highest BCUT2D eigenvalue weighted by molar-refractivity contribution is 5.87. The first-order valence-electron chi connectivity index (χ1n) is 7.85. The SMILES string of the molecule is COC(=O)C[C@H]1C(=O)NCCN1Cc1ccc(-n2cccn2)cc1. The number of aromatic nitrogens is 2. The van der Waals surface area contributed by atoms with Crippen LogP contribution in [0.5, 0.6) is 0 Å². The van der Waals surface area contributed by atoms with E-state index in [1.165, 1.54) is 7.11 Å². The fourth-order valence-electron chi connectivity index (χ4n) is 2.82. The molecular weight excluding hydrogens is 308 g/mol. The van der Waals surface area contributed by atoms with Crippen LogP contribution in [0.15, 0.2) is 42.7 Å². The van der Waals surface area contributed by atoms with Crippen LogP contribution in [-0.2, 0) is 20.9 Å². The van der Waals surface area contributed by atoms with Gasteiger partial charge >= 0.3 is 5.97 Å². The van der Waals surface area contributed by atoms with Crippen molar-refractivity contribution in [3.05, 3.63) is 48.3 Å². The van der Waals surface area contributed by atoms with Crippen molar-refractivity contribution in [2.75, 3.05) is 20.2 Å². The molecule has 2 heterocycles. The molecule has 7 nitrogen and oxygen atoms in total. The Morgan fingerprint density at radius 1 is 1.38 bits per heavy atom. The summed E-state index contributed by atoms with van der Waals surface area (Å²) in [6.07, 6.45) is 3.68. The molecule has 1 aromatic carbocycles. The highest BCUT2D eigenvalue weighted by Gasteiger charge is 2.31. The van der Waals surface area contributed by atoms with E-state index in [2.05, 4.69) is 10.4 Å². The van der Waals surface area contributed by atoms with Gasteiger partial charge in [0.2, 0.25) is 5.91 Å². The van der Waals surface area contributed by atoms with Gasteiger partial charge in [0, 0.05) is 32.0 Å². The summed E-state index contributed by atoms with van der Waals surface area (Å²) in [6, 6.07) is 9.38. The molecule has 2 aromatic rings. The zero-order chi connectivity index (χ0) is 16.9. The second-order valence-electron chi connectivity index (χ2n) is 5.67. The summed E-state index contributed by atoms with van der Waals surface area (Å²) in [5.74, 6) is -0.504. The molecule has 1 amide bonds. The Balaban J connectivity index is 1.70. The molecule has 1 aliphatic rings. The van der Waals surface area contributed by atoms with E-state index in [0.29, 0.717) is 19.6 Å². The second kappa shape index (κ2) is 7.27. The van der Waals surface area contributed by atoms with Gasteiger partial charge in [0.1, 0.15) is 6.04 Å². The summed E-state index contributed by atoms with van der Waals surface area (Å²) in [5.41, 5.74) is 2.06. The van der Waals surface area contributed by atoms with Crippen LogP contribution in [0.25, 0.3) is 5.69 Å². The maximum Gasteiger partial charge on any atom is 0.307 e. The van der Waals surface area contributed by atoms with Crippen molar-refractivity contribution in [1.82, 2.24) is 20.0 Å². The minimum atomic E-state index is -0.489. The van der Waals surface area contributed by atoms with Gasteiger partial charge in [0.05, 0.1) is 19.2 Å². The van der Waals surface area contributed by atoms with Gasteiger partial charge in [-0.2, -0.15) is 5.10 Å². The number of rotatable bonds is 5. The Morgan fingerprint density at radius 2 is 2.17 bits per heavy atom. The summed E-state index contributed by atoms with van der Waals surface area (Å²) in [5, 5.41) is 7.00. The fourth-order valence-corrected chi connectivity index (χ4v) is 2.82. The molecule has 0 unspecified atom stereocenters. The Labute approximate surface area is 140 Å². The average Bonchev–Trinajstić information content (AvgIpc) is 3.13. The van der Waals surface area contributed by atoms with E-state index in [1.54, 1.807) is 10.9 Å². The molecular formula is C17H20N4O3. The van der Waals surface area contributed by atoms with E-state index in [0.717, 1.165) is 11.3 Å². The highest BCUT2D eigenvalue weighted by atomic mass is 16.5. The summed E-state index contributed by atoms with van der Waals surface area (Å²) in [6.45, 7) is 1.89. The molecule has 7 heteroatoms. The first kappa shape index (κ1) is 16.2. The normalized spacial score (nSPS) is 18.2. The van der Waals surface area contributed by atoms with Gasteiger partial charge in [-0.25, -0.2) is 4.68 Å². The van der Waals surface area contributed by atoms with Gasteiger partial charge in [-0.05, 0) is 23.8 Å². The Hall–Kier alpha value is -2.67. The number of nitrogens with zero attached hydrogens (tertiary/aromatic N) is 3. The number of benzene rings is 1. The highest BCUT2D eigenvalue weighted by Crippen LogP contribution is 2.16. The molecule has 1 saturated heterocycles. The molecule has 24 heavy (non-hydrogen) atoms. The third kappa shape index (κ3) is 3.62. The van der Waals surface area contributed by atoms with Crippen LogP contribution < -0.4 is 5.32 Å². The minimum Gasteiger partial charge on any atom is -0.469 e. The lowest BCUT2D eigenvalue weighted by atomic mass is 10.1. The number of nitrogens with one attached hydrogen (secondary N) is 1. The number of methoxy groups -OCH3 is 1. The van der Waals surface area contributed by atoms with Crippen LogP contribution in [0.2, 0.25) is 0 Å². The quantitative estimate of drug-likeness (QED) is 0.819. The lowest BCUT2D eigenvalue weighted by molar-refractivity contribution is -0.146. The molecule has 1 aliphatic heterocycles. The number of esters is 1. The summed E-state index contributed by atoms with van der Waals surface area (Å²) in [7, 11) is 1.33. The number of carbonyl (C=O) groups is 2. The zero-order valence-corrected chi connectivity index (χ0v) is 13.5. The summed E-state index contributed by atoms with van der Waals surface area (Å²) in [4.78, 5) is 25.7. The van der Waals surface area contributed by atoms with Crippen LogP contribution in [-0.4, -0.2) is 52.8 Å². The largest absolute Gasteiger partial charge is 0.469 e. The van der Waals surface area contributed by atoms with Gasteiger partial charge in [-0.3, -0.25) is 14.5 Å². The predicted molar refractivity (Wildman–Crippen MR) is 87.4 cm³/mol. The van der Waals surface area contributed by atoms with Crippen molar-refractivity contribution < 1.29 is 14.3 Å². The molecule has 1 aromatic heterocycles. The molecule has 3 rings (SSSR count). The molecule has 0 spiro atoms. The fraction of sp³-hybridized carbons (Fsp3) is 0.353. The maximum absolute atomic E-state index is 12.1. The van der Waals surface area contributed by atoms with Gasteiger partial charge in [0.15, 0.2) is 0 Å². The number of piperazine rings is 1. The van der Waals surface area contributed by atoms with Crippen LogP contribution in [0, 0.1) is 0 Å². The number of ether oxygens (including phenoxy) is 1. The summed E-state index contributed by atoms with van der Waals surface area (Å²) < 4.78 is 6.49. The van der Waals surface area contributed by atoms with E-state index in [-0.39, 0.29) is 18.3 Å². The molecule has 0 bridgehead atoms. The zero-order valence-electron chi connectivity index (χ0n) is 13.5. The van der Waals surface area contributed by atoms with Crippen LogP contribution in [0.3, 0.4) is 0 Å². The van der Waals surface area contributed by atoms with Crippen molar-refractivity contribution >= 4 is 11.9 Å². The van der Waals surface area contributed by atoms with E-state index in [9.17, 15) is 9.59 Å². The first-order valence-corrected chi connectivity index (χ1v) is 7.85. The van der Waals surface area contributed by atoms with Crippen LogP contribution in [0.4, 0.5) is 0 Å². The Bertz CT molecular complexity index is 697. The van der Waals surface area contributed by atoms with E-state index < -0.39 is 6.04 Å². The number of amides is 1. The predicted octanol–water partition coefficient (Wildman–Crippen LogP) is 0.736. The summed E-state index contributed by atoms with van der Waals surface area (Å²) >= 11 is 0. The molecule has 0 radical (unpaired) electrons. The van der Waals surface area contributed by atoms with Gasteiger partial charge in [-0.1, -0.05) is 12.1 Å². The standard InChI is InChI=1S/C17H20N4O3/c1-24-16(22)11-15-17(23)18-8-10-20(15)12-13-3-5-14(6-4-13)21-9-2-7-19-21/h2-7,9,15H,8,10-12H2,1H3,(H,18,23)/t15-/m0/s1. The van der Waals surface area contributed by atoms with E-state index in [4.69, 9.17) is 4.74 Å². The number of hydrogen-bond acceptors (Lipinski definition) is 5. The molecule has 1 atom stereocenters. The first-order chi connectivity index (χ1) is 11.7. The van der Waals surface area contributed by atoms with Crippen molar-refractivity contribution in [2.45, 2.75) is 19.0 Å². The van der Waals surface area contributed by atoms with E-state index >= 15 is 0 Å². The van der Waals surface area contributed by atoms with Crippen LogP contribution >= 0.6 is 0 Å². The Morgan fingerprint density at radius 3 is 2.83 bits per heavy atom. The van der Waals surface area contributed by atoms with Gasteiger partial charge in [-0.15, -0.1) is 0 Å². The van der Waals surface area contributed by atoms with E-state index in [1.807, 2.05) is 41.4 Å². The van der Waals surface area contributed by atoms with Crippen molar-refractivity contribution in [2.24, 2.45) is 0 Å². The molecule has 0 aliphatic carbocycles. The minimum absolute atomic E-state index is 0.0632.